The molecule has 4 heteroatoms. The van der Waals surface area contributed by atoms with Gasteiger partial charge in [0.25, 0.3) is 0 Å². The molecule has 0 saturated heterocycles. The van der Waals surface area contributed by atoms with E-state index in [0.717, 1.165) is 17.9 Å². The van der Waals surface area contributed by atoms with Gasteiger partial charge in [0.15, 0.2) is 0 Å². The van der Waals surface area contributed by atoms with Crippen LogP contribution in [0.5, 0.6) is 0 Å². The van der Waals surface area contributed by atoms with Crippen LogP contribution in [-0.4, -0.2) is 23.6 Å². The first-order valence-electron chi connectivity index (χ1n) is 5.92. The molecule has 0 fully saturated rings. The van der Waals surface area contributed by atoms with Gasteiger partial charge in [-0.25, -0.2) is 9.97 Å². The van der Waals surface area contributed by atoms with Gasteiger partial charge in [-0.2, -0.15) is 5.26 Å². The van der Waals surface area contributed by atoms with Gasteiger partial charge < -0.3 is 4.90 Å². The quantitative estimate of drug-likeness (QED) is 0.782. The molecule has 0 aliphatic rings. The maximum Gasteiger partial charge on any atom is 0.131 e. The highest BCUT2D eigenvalue weighted by atomic mass is 15.2. The Morgan fingerprint density at radius 3 is 2.71 bits per heavy atom. The molecule has 0 saturated carbocycles. The lowest BCUT2D eigenvalue weighted by molar-refractivity contribution is 0.489. The summed E-state index contributed by atoms with van der Waals surface area (Å²) in [5, 5.41) is 8.57. The van der Waals surface area contributed by atoms with Crippen LogP contribution in [0.4, 0.5) is 5.82 Å². The zero-order valence-corrected chi connectivity index (χ0v) is 11.1. The number of nitriles is 1. The second kappa shape index (κ2) is 5.62. The van der Waals surface area contributed by atoms with Crippen LogP contribution < -0.4 is 4.90 Å². The van der Waals surface area contributed by atoms with Gasteiger partial charge in [0.05, 0.1) is 18.2 Å². The summed E-state index contributed by atoms with van der Waals surface area (Å²) in [6, 6.07) is 4.15. The molecule has 0 unspecified atom stereocenters. The molecule has 0 aliphatic heterocycles. The number of nitrogens with zero attached hydrogens (tertiary/aromatic N) is 4. The Morgan fingerprint density at radius 2 is 2.12 bits per heavy atom. The third kappa shape index (κ3) is 3.42. The van der Waals surface area contributed by atoms with Gasteiger partial charge >= 0.3 is 0 Å². The third-order valence-electron chi connectivity index (χ3n) is 3.18. The van der Waals surface area contributed by atoms with Crippen LogP contribution in [-0.2, 0) is 5.41 Å². The fourth-order valence-electron chi connectivity index (χ4n) is 1.44. The van der Waals surface area contributed by atoms with Gasteiger partial charge in [0, 0.05) is 25.1 Å². The number of aromatic nitrogens is 2. The summed E-state index contributed by atoms with van der Waals surface area (Å²) in [5.41, 5.74) is 1.11. The van der Waals surface area contributed by atoms with E-state index in [4.69, 9.17) is 5.26 Å². The predicted molar refractivity (Wildman–Crippen MR) is 68.8 cm³/mol. The lowest BCUT2D eigenvalue weighted by Crippen LogP contribution is -2.22. The normalized spacial score (nSPS) is 11.0. The molecule has 0 aliphatic carbocycles. The molecule has 0 N–H and O–H groups in total. The van der Waals surface area contributed by atoms with Crippen LogP contribution in [0, 0.1) is 11.3 Å². The van der Waals surface area contributed by atoms with E-state index in [-0.39, 0.29) is 5.41 Å². The van der Waals surface area contributed by atoms with Gasteiger partial charge in [-0.15, -0.1) is 0 Å². The van der Waals surface area contributed by atoms with E-state index in [1.807, 2.05) is 18.0 Å². The number of hydrogen-bond donors (Lipinski definition) is 0. The van der Waals surface area contributed by atoms with Crippen LogP contribution >= 0.6 is 0 Å². The molecule has 1 rings (SSSR count). The number of rotatable bonds is 5. The van der Waals surface area contributed by atoms with Crippen molar-refractivity contribution in [3.8, 4) is 6.07 Å². The molecule has 0 atom stereocenters. The van der Waals surface area contributed by atoms with Crippen LogP contribution in [0.1, 0.15) is 39.3 Å². The molecule has 4 nitrogen and oxygen atoms in total. The van der Waals surface area contributed by atoms with Gasteiger partial charge in [-0.3, -0.25) is 0 Å². The van der Waals surface area contributed by atoms with E-state index in [1.54, 1.807) is 6.33 Å². The van der Waals surface area contributed by atoms with Crippen molar-refractivity contribution in [2.24, 2.45) is 0 Å². The average Bonchev–Trinajstić information content (AvgIpc) is 2.36. The van der Waals surface area contributed by atoms with Crippen LogP contribution in [0.25, 0.3) is 0 Å². The first-order chi connectivity index (χ1) is 8.01. The van der Waals surface area contributed by atoms with Gasteiger partial charge in [-0.1, -0.05) is 20.8 Å². The van der Waals surface area contributed by atoms with E-state index in [9.17, 15) is 0 Å². The summed E-state index contributed by atoms with van der Waals surface area (Å²) in [4.78, 5) is 10.6. The summed E-state index contributed by atoms with van der Waals surface area (Å²) >= 11 is 0. The van der Waals surface area contributed by atoms with Crippen molar-refractivity contribution in [1.29, 1.82) is 5.26 Å². The van der Waals surface area contributed by atoms with Gasteiger partial charge in [-0.05, 0) is 6.42 Å². The van der Waals surface area contributed by atoms with E-state index in [1.165, 1.54) is 0 Å². The van der Waals surface area contributed by atoms with Gasteiger partial charge in [0.1, 0.15) is 12.1 Å². The minimum Gasteiger partial charge on any atom is -0.359 e. The Kier molecular flexibility index (Phi) is 4.45. The molecule has 0 bridgehead atoms. The lowest BCUT2D eigenvalue weighted by Gasteiger charge is -2.24. The van der Waals surface area contributed by atoms with Crippen LogP contribution in [0.15, 0.2) is 12.4 Å². The maximum atomic E-state index is 8.57. The molecule has 17 heavy (non-hydrogen) atoms. The smallest absolute Gasteiger partial charge is 0.131 e. The van der Waals surface area contributed by atoms with E-state index in [2.05, 4.69) is 36.8 Å². The van der Waals surface area contributed by atoms with Crippen molar-refractivity contribution in [3.05, 3.63) is 18.1 Å². The molecule has 0 amide bonds. The molecule has 0 spiro atoms. The molecular weight excluding hydrogens is 212 g/mol. The largest absolute Gasteiger partial charge is 0.359 e. The minimum absolute atomic E-state index is 0.0633. The van der Waals surface area contributed by atoms with Crippen LogP contribution in [0.3, 0.4) is 0 Å². The predicted octanol–water partition coefficient (Wildman–Crippen LogP) is 2.51. The molecule has 1 aromatic heterocycles. The fourth-order valence-corrected chi connectivity index (χ4v) is 1.44. The Hall–Kier alpha value is -1.63. The fraction of sp³-hybridized carbons (Fsp3) is 0.615. The van der Waals surface area contributed by atoms with Crippen molar-refractivity contribution in [2.75, 3.05) is 18.5 Å². The highest BCUT2D eigenvalue weighted by Gasteiger charge is 2.20. The van der Waals surface area contributed by atoms with E-state index in [0.29, 0.717) is 13.0 Å². The third-order valence-corrected chi connectivity index (χ3v) is 3.18. The zero-order chi connectivity index (χ0) is 12.9. The second-order valence-electron chi connectivity index (χ2n) is 4.83. The second-order valence-corrected chi connectivity index (χ2v) is 4.83. The van der Waals surface area contributed by atoms with Crippen molar-refractivity contribution in [3.63, 3.8) is 0 Å². The Balaban J connectivity index is 2.90. The van der Waals surface area contributed by atoms with Crippen molar-refractivity contribution >= 4 is 5.82 Å². The Morgan fingerprint density at radius 1 is 1.41 bits per heavy atom. The summed E-state index contributed by atoms with van der Waals surface area (Å²) < 4.78 is 0. The van der Waals surface area contributed by atoms with Crippen molar-refractivity contribution < 1.29 is 0 Å². The average molecular weight is 232 g/mol. The summed E-state index contributed by atoms with van der Waals surface area (Å²) in [6.45, 7) is 7.20. The summed E-state index contributed by atoms with van der Waals surface area (Å²) in [6.07, 6.45) is 3.14. The number of anilines is 1. The Bertz CT molecular complexity index is 406. The molecular formula is C13H20N4. The highest BCUT2D eigenvalue weighted by Crippen LogP contribution is 2.26. The highest BCUT2D eigenvalue weighted by molar-refractivity contribution is 5.39. The van der Waals surface area contributed by atoms with E-state index < -0.39 is 0 Å². The minimum atomic E-state index is 0.0633. The zero-order valence-electron chi connectivity index (χ0n) is 11.1. The standard InChI is InChI=1S/C13H20N4/c1-5-13(2,3)11-9-12(16-10-15-11)17(4)8-6-7-14/h9-10H,5-6,8H2,1-4H3. The molecule has 92 valence electrons. The molecule has 0 aromatic carbocycles. The lowest BCUT2D eigenvalue weighted by atomic mass is 9.86. The topological polar surface area (TPSA) is 52.8 Å². The first kappa shape index (κ1) is 13.4. The molecule has 1 aromatic rings. The van der Waals surface area contributed by atoms with Crippen molar-refractivity contribution in [2.45, 2.75) is 39.0 Å². The first-order valence-corrected chi connectivity index (χ1v) is 5.92. The molecule has 0 radical (unpaired) electrons. The maximum absolute atomic E-state index is 8.57. The van der Waals surface area contributed by atoms with Crippen LogP contribution in [0.2, 0.25) is 0 Å². The summed E-state index contributed by atoms with van der Waals surface area (Å²) in [7, 11) is 1.95. The molecule has 1 heterocycles. The summed E-state index contributed by atoms with van der Waals surface area (Å²) in [5.74, 6) is 0.881. The monoisotopic (exact) mass is 232 g/mol. The number of hydrogen-bond acceptors (Lipinski definition) is 4. The van der Waals surface area contributed by atoms with Gasteiger partial charge in [0.2, 0.25) is 0 Å². The Labute approximate surface area is 103 Å². The van der Waals surface area contributed by atoms with Crippen molar-refractivity contribution in [1.82, 2.24) is 9.97 Å². The van der Waals surface area contributed by atoms with E-state index >= 15 is 0 Å². The SMILES string of the molecule is CCC(C)(C)c1cc(N(C)CCC#N)ncn1.